The molecule has 1 saturated carbocycles. The van der Waals surface area contributed by atoms with E-state index in [0.29, 0.717) is 13.1 Å². The summed E-state index contributed by atoms with van der Waals surface area (Å²) in [7, 11) is 0.720. The maximum atomic E-state index is 14.5. The second-order valence-corrected chi connectivity index (χ2v) is 9.73. The molecule has 0 aromatic carbocycles. The number of carbonyl (C=O) groups is 2. The van der Waals surface area contributed by atoms with Gasteiger partial charge in [0.1, 0.15) is 11.9 Å². The maximum absolute atomic E-state index is 14.5. The number of hydrazine groups is 1. The summed E-state index contributed by atoms with van der Waals surface area (Å²) in [5, 5.41) is 2.50. The second kappa shape index (κ2) is 8.99. The molecular weight excluding hydrogens is 401 g/mol. The Morgan fingerprint density at radius 1 is 1.33 bits per heavy atom. The van der Waals surface area contributed by atoms with Gasteiger partial charge in [0.15, 0.2) is 0 Å². The molecule has 12 heteroatoms. The standard InChI is InChI=1S/C15H27ClFN5O4S/c1-21(2)13(23)7-27(25,26)20-19-15(24)10-4-9(5-11(16)14(10)17)12-6-22(3)8-18-12/h9-12,14,18,20H,4-8H2,1-3H3,(H,19,24). The van der Waals surface area contributed by atoms with Crippen LogP contribution in [0.25, 0.3) is 0 Å². The molecule has 0 aromatic heterocycles. The van der Waals surface area contributed by atoms with Crippen LogP contribution >= 0.6 is 11.6 Å². The summed E-state index contributed by atoms with van der Waals surface area (Å²) < 4.78 is 38.3. The number of hydrogen-bond acceptors (Lipinski definition) is 6. The van der Waals surface area contributed by atoms with Crippen molar-refractivity contribution in [3.8, 4) is 0 Å². The Bertz CT molecular complexity index is 665. The van der Waals surface area contributed by atoms with Crippen LogP contribution in [0.2, 0.25) is 0 Å². The fraction of sp³-hybridized carbons (Fsp3) is 0.867. The molecule has 2 aliphatic rings. The predicted octanol–water partition coefficient (Wildman–Crippen LogP) is -1.14. The topological polar surface area (TPSA) is 111 Å². The Morgan fingerprint density at radius 3 is 2.56 bits per heavy atom. The molecule has 0 aromatic rings. The molecule has 9 nitrogen and oxygen atoms in total. The molecule has 1 aliphatic heterocycles. The third-order valence-electron chi connectivity index (χ3n) is 4.99. The van der Waals surface area contributed by atoms with Crippen molar-refractivity contribution in [1.82, 2.24) is 25.4 Å². The van der Waals surface area contributed by atoms with E-state index in [-0.39, 0.29) is 18.4 Å². The van der Waals surface area contributed by atoms with Gasteiger partial charge in [-0.2, -0.15) is 0 Å². The minimum absolute atomic E-state index is 0.00660. The van der Waals surface area contributed by atoms with Crippen molar-refractivity contribution in [2.45, 2.75) is 30.4 Å². The Hall–Kier alpha value is -1.01. The largest absolute Gasteiger partial charge is 0.348 e. The summed E-state index contributed by atoms with van der Waals surface area (Å²) in [6, 6.07) is 0.105. The maximum Gasteiger partial charge on any atom is 0.241 e. The third kappa shape index (κ3) is 5.98. The van der Waals surface area contributed by atoms with E-state index in [9.17, 15) is 22.4 Å². The van der Waals surface area contributed by atoms with E-state index in [1.807, 2.05) is 17.3 Å². The molecule has 2 amide bonds. The van der Waals surface area contributed by atoms with Gasteiger partial charge in [-0.3, -0.25) is 25.2 Å². The Balaban J connectivity index is 1.96. The van der Waals surface area contributed by atoms with Crippen molar-refractivity contribution < 1.29 is 22.4 Å². The van der Waals surface area contributed by atoms with Gasteiger partial charge < -0.3 is 4.90 Å². The van der Waals surface area contributed by atoms with Gasteiger partial charge >= 0.3 is 0 Å². The first kappa shape index (κ1) is 22.3. The van der Waals surface area contributed by atoms with Gasteiger partial charge in [-0.05, 0) is 25.8 Å². The molecule has 5 unspecified atom stereocenters. The molecule has 2 fully saturated rings. The number of sulfonamides is 1. The number of nitrogens with zero attached hydrogens (tertiary/aromatic N) is 2. The van der Waals surface area contributed by atoms with Crippen molar-refractivity contribution in [3.05, 3.63) is 0 Å². The van der Waals surface area contributed by atoms with Crippen LogP contribution < -0.4 is 15.6 Å². The van der Waals surface area contributed by atoms with E-state index in [1.165, 1.54) is 14.1 Å². The van der Waals surface area contributed by atoms with Gasteiger partial charge in [0, 0.05) is 33.4 Å². The molecule has 1 heterocycles. The van der Waals surface area contributed by atoms with Gasteiger partial charge in [-0.15, -0.1) is 16.4 Å². The molecule has 1 saturated heterocycles. The first-order chi connectivity index (χ1) is 12.5. The molecular formula is C15H27ClFN5O4S. The number of carbonyl (C=O) groups excluding carboxylic acids is 2. The van der Waals surface area contributed by atoms with Crippen LogP contribution in [0.3, 0.4) is 0 Å². The summed E-state index contributed by atoms with van der Waals surface area (Å²) in [6.45, 7) is 1.49. The van der Waals surface area contributed by atoms with E-state index in [4.69, 9.17) is 11.6 Å². The molecule has 1 aliphatic carbocycles. The number of hydrogen-bond donors (Lipinski definition) is 3. The van der Waals surface area contributed by atoms with Gasteiger partial charge in [-0.1, -0.05) is 0 Å². The number of rotatable bonds is 6. The van der Waals surface area contributed by atoms with Gasteiger partial charge in [0.05, 0.1) is 11.3 Å². The average Bonchev–Trinajstić information content (AvgIpc) is 3.01. The van der Waals surface area contributed by atoms with Gasteiger partial charge in [0.25, 0.3) is 0 Å². The molecule has 0 bridgehead atoms. The highest BCUT2D eigenvalue weighted by Gasteiger charge is 2.44. The summed E-state index contributed by atoms with van der Waals surface area (Å²) in [5.74, 6) is -3.30. The van der Waals surface area contributed by atoms with E-state index in [0.717, 1.165) is 11.4 Å². The Morgan fingerprint density at radius 2 is 2.00 bits per heavy atom. The van der Waals surface area contributed by atoms with E-state index in [2.05, 4.69) is 10.2 Å². The summed E-state index contributed by atoms with van der Waals surface area (Å²) in [5.41, 5.74) is 2.03. The van der Waals surface area contributed by atoms with Crippen molar-refractivity contribution in [3.63, 3.8) is 0 Å². The SMILES string of the molecule is CN1CNC(C2CC(Cl)C(F)C(C(=O)NNS(=O)(=O)CC(=O)N(C)C)C2)C1. The van der Waals surface area contributed by atoms with Crippen LogP contribution in [0, 0.1) is 11.8 Å². The summed E-state index contributed by atoms with van der Waals surface area (Å²) in [6.07, 6.45) is -0.865. The van der Waals surface area contributed by atoms with Crippen LogP contribution in [0.1, 0.15) is 12.8 Å². The number of likely N-dealkylation sites (N-methyl/N-ethyl adjacent to an activating group) is 1. The number of halogens is 2. The molecule has 3 N–H and O–H groups in total. The molecule has 2 rings (SSSR count). The highest BCUT2D eigenvalue weighted by Crippen LogP contribution is 2.37. The number of alkyl halides is 2. The molecule has 0 spiro atoms. The normalized spacial score (nSPS) is 32.3. The van der Waals surface area contributed by atoms with E-state index < -0.39 is 45.1 Å². The Labute approximate surface area is 164 Å². The van der Waals surface area contributed by atoms with Crippen molar-refractivity contribution in [2.75, 3.05) is 40.1 Å². The first-order valence-corrected chi connectivity index (χ1v) is 10.8. The first-order valence-electron chi connectivity index (χ1n) is 8.69. The predicted molar refractivity (Wildman–Crippen MR) is 98.9 cm³/mol. The quantitative estimate of drug-likeness (QED) is 0.365. The second-order valence-electron chi connectivity index (χ2n) is 7.44. The van der Waals surface area contributed by atoms with Crippen LogP contribution in [0.15, 0.2) is 0 Å². The molecule has 5 atom stereocenters. The monoisotopic (exact) mass is 427 g/mol. The lowest BCUT2D eigenvalue weighted by atomic mass is 9.76. The zero-order chi connectivity index (χ0) is 20.4. The molecule has 0 radical (unpaired) electrons. The summed E-state index contributed by atoms with van der Waals surface area (Å²) >= 11 is 6.12. The van der Waals surface area contributed by atoms with Crippen molar-refractivity contribution in [2.24, 2.45) is 11.8 Å². The zero-order valence-corrected chi connectivity index (χ0v) is 17.2. The number of amides is 2. The van der Waals surface area contributed by atoms with E-state index >= 15 is 0 Å². The van der Waals surface area contributed by atoms with Crippen molar-refractivity contribution in [1.29, 1.82) is 0 Å². The van der Waals surface area contributed by atoms with E-state index in [1.54, 1.807) is 0 Å². The van der Waals surface area contributed by atoms with Crippen LogP contribution in [-0.4, -0.2) is 87.7 Å². The fourth-order valence-corrected chi connectivity index (χ4v) is 4.72. The molecule has 156 valence electrons. The van der Waals surface area contributed by atoms with Gasteiger partial charge in [-0.25, -0.2) is 12.8 Å². The lowest BCUT2D eigenvalue weighted by Gasteiger charge is -2.37. The summed E-state index contributed by atoms with van der Waals surface area (Å²) in [4.78, 5) is 29.0. The van der Waals surface area contributed by atoms with Gasteiger partial charge in [0.2, 0.25) is 21.8 Å². The minimum Gasteiger partial charge on any atom is -0.348 e. The lowest BCUT2D eigenvalue weighted by Crippen LogP contribution is -2.53. The van der Waals surface area contributed by atoms with Crippen molar-refractivity contribution >= 4 is 33.4 Å². The fourth-order valence-electron chi connectivity index (χ4n) is 3.41. The zero-order valence-electron chi connectivity index (χ0n) is 15.6. The highest BCUT2D eigenvalue weighted by molar-refractivity contribution is 7.90. The Kier molecular flexibility index (Phi) is 7.42. The van der Waals surface area contributed by atoms with Crippen LogP contribution in [0.4, 0.5) is 4.39 Å². The smallest absolute Gasteiger partial charge is 0.241 e. The lowest BCUT2D eigenvalue weighted by molar-refractivity contribution is -0.129. The van der Waals surface area contributed by atoms with Crippen LogP contribution in [-0.2, 0) is 19.6 Å². The highest BCUT2D eigenvalue weighted by atomic mass is 35.5. The number of nitrogens with one attached hydrogen (secondary N) is 3. The average molecular weight is 428 g/mol. The van der Waals surface area contributed by atoms with Crippen LogP contribution in [0.5, 0.6) is 0 Å². The molecule has 27 heavy (non-hydrogen) atoms. The minimum atomic E-state index is -4.07. The third-order valence-corrected chi connectivity index (χ3v) is 6.45.